The molecule has 0 bridgehead atoms. The molecule has 1 aromatic carbocycles. The lowest BCUT2D eigenvalue weighted by atomic mass is 10.2. The third kappa shape index (κ3) is 1.80. The van der Waals surface area contributed by atoms with Crippen LogP contribution in [0.3, 0.4) is 0 Å². The van der Waals surface area contributed by atoms with Crippen LogP contribution >= 0.6 is 0 Å². The Hall–Kier alpha value is -2.24. The molecular formula is C13H12FN3O2. The Morgan fingerprint density at radius 1 is 1.37 bits per heavy atom. The average molecular weight is 261 g/mol. The van der Waals surface area contributed by atoms with Gasteiger partial charge in [-0.15, -0.1) is 0 Å². The molecule has 5 nitrogen and oxygen atoms in total. The van der Waals surface area contributed by atoms with Crippen LogP contribution < -0.4 is 5.56 Å². The van der Waals surface area contributed by atoms with Crippen molar-refractivity contribution in [3.63, 3.8) is 0 Å². The van der Waals surface area contributed by atoms with Crippen LogP contribution in [-0.2, 0) is 4.79 Å². The quantitative estimate of drug-likeness (QED) is 0.767. The van der Waals surface area contributed by atoms with Crippen LogP contribution in [0.1, 0.15) is 12.5 Å². The Bertz CT molecular complexity index is 725. The third-order valence-corrected chi connectivity index (χ3v) is 3.48. The van der Waals surface area contributed by atoms with Crippen LogP contribution in [0.25, 0.3) is 10.9 Å². The minimum atomic E-state index is -0.501. The molecule has 0 aliphatic carbocycles. The molecule has 1 aliphatic heterocycles. The van der Waals surface area contributed by atoms with E-state index in [1.165, 1.54) is 29.1 Å². The third-order valence-electron chi connectivity index (χ3n) is 3.48. The fourth-order valence-electron chi connectivity index (χ4n) is 2.39. The van der Waals surface area contributed by atoms with E-state index >= 15 is 0 Å². The molecule has 1 fully saturated rings. The highest BCUT2D eigenvalue weighted by Gasteiger charge is 2.31. The van der Waals surface area contributed by atoms with E-state index in [0.717, 1.165) is 0 Å². The number of likely N-dealkylation sites (N-methyl/N-ethyl adjacent to an activating group) is 1. The normalized spacial score (nSPS) is 19.4. The summed E-state index contributed by atoms with van der Waals surface area (Å²) in [5.74, 6) is -0.529. The van der Waals surface area contributed by atoms with E-state index in [2.05, 4.69) is 4.98 Å². The van der Waals surface area contributed by atoms with Crippen LogP contribution in [0.5, 0.6) is 0 Å². The Morgan fingerprint density at radius 2 is 2.16 bits per heavy atom. The number of amides is 1. The molecule has 1 saturated heterocycles. The van der Waals surface area contributed by atoms with E-state index in [0.29, 0.717) is 23.9 Å². The number of benzene rings is 1. The molecule has 3 rings (SSSR count). The number of hydrogen-bond acceptors (Lipinski definition) is 3. The van der Waals surface area contributed by atoms with Crippen molar-refractivity contribution >= 4 is 16.8 Å². The molecular weight excluding hydrogens is 249 g/mol. The second kappa shape index (κ2) is 4.15. The van der Waals surface area contributed by atoms with Crippen molar-refractivity contribution in [2.24, 2.45) is 0 Å². The number of aromatic nitrogens is 2. The first kappa shape index (κ1) is 11.8. The highest BCUT2D eigenvalue weighted by Crippen LogP contribution is 2.20. The highest BCUT2D eigenvalue weighted by molar-refractivity contribution is 5.83. The second-order valence-corrected chi connectivity index (χ2v) is 4.68. The van der Waals surface area contributed by atoms with Crippen molar-refractivity contribution in [1.82, 2.24) is 14.5 Å². The lowest BCUT2D eigenvalue weighted by Gasteiger charge is -2.13. The standard InChI is InChI=1S/C13H12FN3O2/c1-16-5-4-11(13(16)19)17-7-15-10-6-8(14)2-3-9(10)12(17)18/h2-3,6-7,11H,4-5H2,1H3/t11-/m1/s1. The van der Waals surface area contributed by atoms with Crippen LogP contribution in [0.2, 0.25) is 0 Å². The second-order valence-electron chi connectivity index (χ2n) is 4.68. The van der Waals surface area contributed by atoms with Gasteiger partial charge in [0.15, 0.2) is 0 Å². The Labute approximate surface area is 108 Å². The SMILES string of the molecule is CN1CC[C@@H](n2cnc3cc(F)ccc3c2=O)C1=O. The van der Waals surface area contributed by atoms with Crippen LogP contribution in [0, 0.1) is 5.82 Å². The van der Waals surface area contributed by atoms with Crippen LogP contribution in [0.15, 0.2) is 29.3 Å². The lowest BCUT2D eigenvalue weighted by molar-refractivity contribution is -0.129. The maximum atomic E-state index is 13.1. The largest absolute Gasteiger partial charge is 0.344 e. The van der Waals surface area contributed by atoms with Gasteiger partial charge in [0.2, 0.25) is 5.91 Å². The summed E-state index contributed by atoms with van der Waals surface area (Å²) < 4.78 is 14.4. The molecule has 0 unspecified atom stereocenters. The van der Waals surface area contributed by atoms with E-state index in [4.69, 9.17) is 0 Å². The first-order chi connectivity index (χ1) is 9.08. The van der Waals surface area contributed by atoms with Crippen molar-refractivity contribution in [1.29, 1.82) is 0 Å². The summed E-state index contributed by atoms with van der Waals surface area (Å²) in [6, 6.07) is 3.33. The number of carbonyl (C=O) groups excluding carboxylic acids is 1. The minimum absolute atomic E-state index is 0.0923. The topological polar surface area (TPSA) is 55.2 Å². The zero-order chi connectivity index (χ0) is 13.6. The molecule has 0 saturated carbocycles. The van der Waals surface area contributed by atoms with Gasteiger partial charge in [0.05, 0.1) is 17.2 Å². The average Bonchev–Trinajstić information content (AvgIpc) is 2.71. The van der Waals surface area contributed by atoms with Crippen molar-refractivity contribution in [3.8, 4) is 0 Å². The first-order valence-electron chi connectivity index (χ1n) is 5.99. The minimum Gasteiger partial charge on any atom is -0.344 e. The van der Waals surface area contributed by atoms with Gasteiger partial charge in [-0.1, -0.05) is 0 Å². The van der Waals surface area contributed by atoms with Gasteiger partial charge in [-0.2, -0.15) is 0 Å². The molecule has 1 amide bonds. The lowest BCUT2D eigenvalue weighted by Crippen LogP contribution is -2.31. The monoisotopic (exact) mass is 261 g/mol. The number of fused-ring (bicyclic) bond motifs is 1. The van der Waals surface area contributed by atoms with E-state index < -0.39 is 11.9 Å². The highest BCUT2D eigenvalue weighted by atomic mass is 19.1. The first-order valence-corrected chi connectivity index (χ1v) is 5.99. The van der Waals surface area contributed by atoms with Crippen LogP contribution in [0.4, 0.5) is 4.39 Å². The number of likely N-dealkylation sites (tertiary alicyclic amines) is 1. The summed E-state index contributed by atoms with van der Waals surface area (Å²) in [7, 11) is 1.71. The summed E-state index contributed by atoms with van der Waals surface area (Å²) in [6.07, 6.45) is 1.91. The van der Waals surface area contributed by atoms with Gasteiger partial charge in [-0.3, -0.25) is 14.2 Å². The van der Waals surface area contributed by atoms with E-state index in [1.54, 1.807) is 11.9 Å². The van der Waals surface area contributed by atoms with E-state index in [9.17, 15) is 14.0 Å². The van der Waals surface area contributed by atoms with Gasteiger partial charge < -0.3 is 4.90 Å². The fourth-order valence-corrected chi connectivity index (χ4v) is 2.39. The van der Waals surface area contributed by atoms with E-state index in [1.807, 2.05) is 0 Å². The zero-order valence-corrected chi connectivity index (χ0v) is 10.3. The number of hydrogen-bond donors (Lipinski definition) is 0. The zero-order valence-electron chi connectivity index (χ0n) is 10.3. The maximum absolute atomic E-state index is 13.1. The summed E-state index contributed by atoms with van der Waals surface area (Å²) in [5.41, 5.74) is -0.00120. The molecule has 19 heavy (non-hydrogen) atoms. The predicted octanol–water partition coefficient (Wildman–Crippen LogP) is 0.939. The number of rotatable bonds is 1. The number of nitrogens with zero attached hydrogens (tertiary/aromatic N) is 3. The fraction of sp³-hybridized carbons (Fsp3) is 0.308. The Balaban J connectivity index is 2.16. The molecule has 2 heterocycles. The molecule has 0 N–H and O–H groups in total. The van der Waals surface area contributed by atoms with Gasteiger partial charge in [0, 0.05) is 19.7 Å². The van der Waals surface area contributed by atoms with Gasteiger partial charge in [-0.25, -0.2) is 9.37 Å². The van der Waals surface area contributed by atoms with Gasteiger partial charge in [0.1, 0.15) is 11.9 Å². The van der Waals surface area contributed by atoms with Crippen molar-refractivity contribution in [3.05, 3.63) is 40.7 Å². The number of halogens is 1. The van der Waals surface area contributed by atoms with Gasteiger partial charge >= 0.3 is 0 Å². The van der Waals surface area contributed by atoms with Gasteiger partial charge in [-0.05, 0) is 18.6 Å². The maximum Gasteiger partial charge on any atom is 0.261 e. The molecule has 2 aromatic rings. The van der Waals surface area contributed by atoms with Crippen molar-refractivity contribution in [2.45, 2.75) is 12.5 Å². The smallest absolute Gasteiger partial charge is 0.261 e. The number of carbonyl (C=O) groups is 1. The molecule has 6 heteroatoms. The Kier molecular flexibility index (Phi) is 2.58. The summed E-state index contributed by atoms with van der Waals surface area (Å²) >= 11 is 0. The van der Waals surface area contributed by atoms with Crippen molar-refractivity contribution in [2.75, 3.05) is 13.6 Å². The molecule has 1 aromatic heterocycles. The molecule has 1 atom stereocenters. The Morgan fingerprint density at radius 3 is 2.84 bits per heavy atom. The van der Waals surface area contributed by atoms with Gasteiger partial charge in [0.25, 0.3) is 5.56 Å². The molecule has 98 valence electrons. The van der Waals surface area contributed by atoms with Crippen molar-refractivity contribution < 1.29 is 9.18 Å². The van der Waals surface area contributed by atoms with E-state index in [-0.39, 0.29) is 11.5 Å². The molecule has 0 radical (unpaired) electrons. The summed E-state index contributed by atoms with van der Waals surface area (Å²) in [6.45, 7) is 0.622. The molecule has 1 aliphatic rings. The predicted molar refractivity (Wildman–Crippen MR) is 67.3 cm³/mol. The summed E-state index contributed by atoms with van der Waals surface area (Å²) in [4.78, 5) is 29.9. The van der Waals surface area contributed by atoms with Crippen LogP contribution in [-0.4, -0.2) is 34.0 Å². The summed E-state index contributed by atoms with van der Waals surface area (Å²) in [5, 5.41) is 0.325. The molecule has 0 spiro atoms.